The van der Waals surface area contributed by atoms with Crippen molar-refractivity contribution in [3.63, 3.8) is 0 Å². The fourth-order valence-electron chi connectivity index (χ4n) is 3.13. The van der Waals surface area contributed by atoms with E-state index < -0.39 is 6.10 Å². The van der Waals surface area contributed by atoms with Gasteiger partial charge in [0, 0.05) is 13.1 Å². The largest absolute Gasteiger partial charge is 0.481 e. The predicted molar refractivity (Wildman–Crippen MR) is 99.3 cm³/mol. The Morgan fingerprint density at radius 1 is 1.08 bits per heavy atom. The van der Waals surface area contributed by atoms with Crippen LogP contribution < -0.4 is 10.1 Å². The van der Waals surface area contributed by atoms with Gasteiger partial charge in [-0.05, 0) is 56.1 Å². The highest BCUT2D eigenvalue weighted by Crippen LogP contribution is 2.14. The number of nitrogens with zero attached hydrogens (tertiary/aromatic N) is 1. The average molecular weight is 338 g/mol. The van der Waals surface area contributed by atoms with Crippen molar-refractivity contribution in [2.45, 2.75) is 39.0 Å². The maximum atomic E-state index is 12.2. The van der Waals surface area contributed by atoms with Crippen LogP contribution in [0.15, 0.2) is 54.6 Å². The summed E-state index contributed by atoms with van der Waals surface area (Å²) in [6.45, 7) is 5.67. The van der Waals surface area contributed by atoms with E-state index in [1.165, 1.54) is 31.5 Å². The van der Waals surface area contributed by atoms with E-state index in [-0.39, 0.29) is 5.91 Å². The Morgan fingerprint density at radius 3 is 2.56 bits per heavy atom. The van der Waals surface area contributed by atoms with Gasteiger partial charge >= 0.3 is 0 Å². The van der Waals surface area contributed by atoms with Crippen molar-refractivity contribution in [3.8, 4) is 5.75 Å². The molecule has 1 saturated heterocycles. The molecule has 0 radical (unpaired) electrons. The molecular weight excluding hydrogens is 312 g/mol. The van der Waals surface area contributed by atoms with Crippen molar-refractivity contribution >= 4 is 5.91 Å². The molecule has 2 aromatic rings. The number of benzene rings is 2. The lowest BCUT2D eigenvalue weighted by atomic mass is 10.1. The Balaban J connectivity index is 1.49. The zero-order valence-corrected chi connectivity index (χ0v) is 14.8. The van der Waals surface area contributed by atoms with E-state index in [1.54, 1.807) is 6.92 Å². The Bertz CT molecular complexity index is 681. The summed E-state index contributed by atoms with van der Waals surface area (Å²) in [5.41, 5.74) is 2.43. The molecular formula is C21H26N2O2. The van der Waals surface area contributed by atoms with Gasteiger partial charge in [-0.25, -0.2) is 0 Å². The van der Waals surface area contributed by atoms with Gasteiger partial charge < -0.3 is 10.1 Å². The van der Waals surface area contributed by atoms with Gasteiger partial charge in [-0.1, -0.05) is 42.5 Å². The second-order valence-electron chi connectivity index (χ2n) is 6.59. The molecule has 1 heterocycles. The highest BCUT2D eigenvalue weighted by atomic mass is 16.5. The fourth-order valence-corrected chi connectivity index (χ4v) is 3.13. The van der Waals surface area contributed by atoms with Crippen molar-refractivity contribution < 1.29 is 9.53 Å². The Hall–Kier alpha value is -2.33. The maximum absolute atomic E-state index is 12.2. The summed E-state index contributed by atoms with van der Waals surface area (Å²) in [6.07, 6.45) is 2.08. The highest BCUT2D eigenvalue weighted by Gasteiger charge is 2.15. The van der Waals surface area contributed by atoms with Gasteiger partial charge in [-0.2, -0.15) is 0 Å². The van der Waals surface area contributed by atoms with Crippen LogP contribution in [0.2, 0.25) is 0 Å². The van der Waals surface area contributed by atoms with E-state index in [2.05, 4.69) is 34.5 Å². The summed E-state index contributed by atoms with van der Waals surface area (Å²) in [4.78, 5) is 14.7. The number of carbonyl (C=O) groups is 1. The SMILES string of the molecule is C[C@@H](Oc1ccccc1)C(=O)NCc1cccc(CN2CCCC2)c1. The molecule has 2 aromatic carbocycles. The second-order valence-corrected chi connectivity index (χ2v) is 6.59. The molecule has 0 saturated carbocycles. The number of carbonyl (C=O) groups excluding carboxylic acids is 1. The number of hydrogen-bond acceptors (Lipinski definition) is 3. The lowest BCUT2D eigenvalue weighted by Crippen LogP contribution is -2.35. The van der Waals surface area contributed by atoms with Crippen LogP contribution in [0.5, 0.6) is 5.75 Å². The van der Waals surface area contributed by atoms with Crippen LogP contribution >= 0.6 is 0 Å². The number of hydrogen-bond donors (Lipinski definition) is 1. The first-order valence-electron chi connectivity index (χ1n) is 9.00. The number of likely N-dealkylation sites (tertiary alicyclic amines) is 1. The van der Waals surface area contributed by atoms with Crippen LogP contribution in [-0.4, -0.2) is 30.0 Å². The summed E-state index contributed by atoms with van der Waals surface area (Å²) < 4.78 is 5.66. The smallest absolute Gasteiger partial charge is 0.261 e. The molecule has 0 aliphatic carbocycles. The highest BCUT2D eigenvalue weighted by molar-refractivity contribution is 5.80. The first-order chi connectivity index (χ1) is 12.2. The van der Waals surface area contributed by atoms with E-state index in [1.807, 2.05) is 30.3 Å². The molecule has 0 unspecified atom stereocenters. The number of amides is 1. The quantitative estimate of drug-likeness (QED) is 0.842. The molecule has 1 aliphatic rings. The Kier molecular flexibility index (Phi) is 6.07. The minimum atomic E-state index is -0.518. The number of para-hydroxylation sites is 1. The van der Waals surface area contributed by atoms with E-state index in [4.69, 9.17) is 4.74 Å². The summed E-state index contributed by atoms with van der Waals surface area (Å²) in [5.74, 6) is 0.603. The normalized spacial score (nSPS) is 15.7. The van der Waals surface area contributed by atoms with Crippen LogP contribution in [0.25, 0.3) is 0 Å². The summed E-state index contributed by atoms with van der Waals surface area (Å²) in [6, 6.07) is 17.9. The second kappa shape index (κ2) is 8.67. The van der Waals surface area contributed by atoms with Crippen molar-refractivity contribution in [1.82, 2.24) is 10.2 Å². The van der Waals surface area contributed by atoms with E-state index in [9.17, 15) is 4.79 Å². The summed E-state index contributed by atoms with van der Waals surface area (Å²) in [5, 5.41) is 2.96. The number of nitrogens with one attached hydrogen (secondary N) is 1. The Morgan fingerprint density at radius 2 is 1.80 bits per heavy atom. The van der Waals surface area contributed by atoms with Crippen LogP contribution in [0, 0.1) is 0 Å². The van der Waals surface area contributed by atoms with E-state index >= 15 is 0 Å². The molecule has 0 spiro atoms. The molecule has 1 fully saturated rings. The Labute approximate surface area is 149 Å². The van der Waals surface area contributed by atoms with Crippen molar-refractivity contribution in [1.29, 1.82) is 0 Å². The van der Waals surface area contributed by atoms with Crippen molar-refractivity contribution in [2.75, 3.05) is 13.1 Å². The third kappa shape index (κ3) is 5.33. The predicted octanol–water partition coefficient (Wildman–Crippen LogP) is 3.37. The van der Waals surface area contributed by atoms with Crippen LogP contribution in [0.4, 0.5) is 0 Å². The molecule has 1 aliphatic heterocycles. The molecule has 4 heteroatoms. The zero-order valence-electron chi connectivity index (χ0n) is 14.8. The number of ether oxygens (including phenoxy) is 1. The van der Waals surface area contributed by atoms with Crippen molar-refractivity contribution in [2.24, 2.45) is 0 Å². The first kappa shape index (κ1) is 17.5. The molecule has 0 bridgehead atoms. The lowest BCUT2D eigenvalue weighted by molar-refractivity contribution is -0.127. The van der Waals surface area contributed by atoms with Gasteiger partial charge in [0.15, 0.2) is 6.10 Å². The first-order valence-corrected chi connectivity index (χ1v) is 9.00. The minimum absolute atomic E-state index is 0.103. The average Bonchev–Trinajstić information content (AvgIpc) is 3.14. The van der Waals surface area contributed by atoms with Gasteiger partial charge in [0.05, 0.1) is 0 Å². The maximum Gasteiger partial charge on any atom is 0.261 e. The monoisotopic (exact) mass is 338 g/mol. The van der Waals surface area contributed by atoms with Crippen molar-refractivity contribution in [3.05, 3.63) is 65.7 Å². The zero-order chi connectivity index (χ0) is 17.5. The molecule has 4 nitrogen and oxygen atoms in total. The molecule has 0 aromatic heterocycles. The van der Waals surface area contributed by atoms with Crippen LogP contribution in [-0.2, 0) is 17.9 Å². The summed E-state index contributed by atoms with van der Waals surface area (Å²) in [7, 11) is 0. The van der Waals surface area contributed by atoms with E-state index in [0.29, 0.717) is 12.3 Å². The summed E-state index contributed by atoms with van der Waals surface area (Å²) >= 11 is 0. The van der Waals surface area contributed by atoms with Gasteiger partial charge in [0.2, 0.25) is 0 Å². The van der Waals surface area contributed by atoms with Crippen LogP contribution in [0.3, 0.4) is 0 Å². The van der Waals surface area contributed by atoms with Gasteiger partial charge in [0.25, 0.3) is 5.91 Å². The van der Waals surface area contributed by atoms with E-state index in [0.717, 1.165) is 12.1 Å². The molecule has 25 heavy (non-hydrogen) atoms. The molecule has 1 amide bonds. The lowest BCUT2D eigenvalue weighted by Gasteiger charge is -2.16. The standard InChI is InChI=1S/C21H26N2O2/c1-17(25-20-10-3-2-4-11-20)21(24)22-15-18-8-7-9-19(14-18)16-23-12-5-6-13-23/h2-4,7-11,14,17H,5-6,12-13,15-16H2,1H3,(H,22,24)/t17-/m1/s1. The molecule has 132 valence electrons. The molecule has 1 N–H and O–H groups in total. The topological polar surface area (TPSA) is 41.6 Å². The number of rotatable bonds is 7. The molecule has 3 rings (SSSR count). The van der Waals surface area contributed by atoms with Gasteiger partial charge in [-0.3, -0.25) is 9.69 Å². The fraction of sp³-hybridized carbons (Fsp3) is 0.381. The third-order valence-electron chi connectivity index (χ3n) is 4.49. The van der Waals surface area contributed by atoms with Gasteiger partial charge in [-0.15, -0.1) is 0 Å². The third-order valence-corrected chi connectivity index (χ3v) is 4.49. The minimum Gasteiger partial charge on any atom is -0.481 e. The van der Waals surface area contributed by atoms with Crippen LogP contribution in [0.1, 0.15) is 30.9 Å². The molecule has 1 atom stereocenters. The van der Waals surface area contributed by atoms with Gasteiger partial charge in [0.1, 0.15) is 5.75 Å².